The van der Waals surface area contributed by atoms with Crippen LogP contribution in [-0.4, -0.2) is 21.4 Å². The van der Waals surface area contributed by atoms with Gasteiger partial charge in [-0.3, -0.25) is 0 Å². The molecule has 1 atom stereocenters. The van der Waals surface area contributed by atoms with Crippen LogP contribution in [0.5, 0.6) is 5.88 Å². The predicted molar refractivity (Wildman–Crippen MR) is 95.2 cm³/mol. The zero-order valence-corrected chi connectivity index (χ0v) is 14.2. The van der Waals surface area contributed by atoms with Crippen molar-refractivity contribution in [2.45, 2.75) is 18.3 Å². The van der Waals surface area contributed by atoms with Crippen molar-refractivity contribution in [3.05, 3.63) is 59.7 Å². The molecule has 2 heterocycles. The van der Waals surface area contributed by atoms with Crippen LogP contribution in [0.25, 0.3) is 11.3 Å². The lowest BCUT2D eigenvalue weighted by molar-refractivity contribution is 0.224. The second kappa shape index (κ2) is 6.13. The van der Waals surface area contributed by atoms with E-state index in [1.165, 1.54) is 11.8 Å². The number of ether oxygens (including phenoxy) is 1. The maximum Gasteiger partial charge on any atom is 0.247 e. The van der Waals surface area contributed by atoms with E-state index in [2.05, 4.69) is 39.6 Å². The molecule has 24 heavy (non-hydrogen) atoms. The molecule has 1 N–H and O–H groups in total. The van der Waals surface area contributed by atoms with Crippen LogP contribution in [0, 0.1) is 6.92 Å². The molecule has 5 nitrogen and oxygen atoms in total. The molecule has 0 saturated heterocycles. The van der Waals surface area contributed by atoms with E-state index in [-0.39, 0.29) is 6.23 Å². The van der Waals surface area contributed by atoms with Gasteiger partial charge in [0.1, 0.15) is 0 Å². The van der Waals surface area contributed by atoms with Crippen molar-refractivity contribution >= 4 is 17.4 Å². The Morgan fingerprint density at radius 1 is 1.04 bits per heavy atom. The van der Waals surface area contributed by atoms with Crippen LogP contribution < -0.4 is 10.1 Å². The van der Waals surface area contributed by atoms with Crippen LogP contribution in [0.1, 0.15) is 17.4 Å². The molecule has 0 saturated carbocycles. The zero-order valence-electron chi connectivity index (χ0n) is 13.4. The first kappa shape index (κ1) is 15.0. The van der Waals surface area contributed by atoms with Gasteiger partial charge in [-0.05, 0) is 24.8 Å². The topological polar surface area (TPSA) is 59.9 Å². The van der Waals surface area contributed by atoms with E-state index in [1.807, 2.05) is 42.7 Å². The summed E-state index contributed by atoms with van der Waals surface area (Å²) in [4.78, 5) is 4.52. The number of nitrogens with zero attached hydrogens (tertiary/aromatic N) is 3. The maximum atomic E-state index is 6.21. The third kappa shape index (κ3) is 2.59. The smallest absolute Gasteiger partial charge is 0.247 e. The number of fused-ring (bicyclic) bond motifs is 3. The molecule has 120 valence electrons. The van der Waals surface area contributed by atoms with Crippen LogP contribution in [0.15, 0.2) is 53.7 Å². The number of hydrogen-bond donors (Lipinski definition) is 1. The lowest BCUT2D eigenvalue weighted by atomic mass is 10.1. The minimum atomic E-state index is -0.333. The number of thioether (sulfide) groups is 1. The summed E-state index contributed by atoms with van der Waals surface area (Å²) >= 11 is 1.44. The minimum Gasteiger partial charge on any atom is -0.448 e. The molecule has 4 rings (SSSR count). The van der Waals surface area contributed by atoms with Gasteiger partial charge < -0.3 is 10.1 Å². The molecule has 6 heteroatoms. The highest BCUT2D eigenvalue weighted by Gasteiger charge is 2.26. The van der Waals surface area contributed by atoms with Gasteiger partial charge in [-0.15, -0.1) is 10.2 Å². The van der Waals surface area contributed by atoms with E-state index in [0.29, 0.717) is 16.7 Å². The van der Waals surface area contributed by atoms with Crippen molar-refractivity contribution in [2.24, 2.45) is 0 Å². The van der Waals surface area contributed by atoms with E-state index in [9.17, 15) is 0 Å². The van der Waals surface area contributed by atoms with Crippen LogP contribution in [0.2, 0.25) is 0 Å². The standard InChI is InChI=1S/C18H16N4OS/c1-11-7-3-4-8-12(11)16-19-14-10-6-5-9-13(14)15-17(23-16)20-18(24-2)22-21-15/h3-10,16,19H,1-2H3. The van der Waals surface area contributed by atoms with Crippen molar-refractivity contribution in [3.63, 3.8) is 0 Å². The van der Waals surface area contributed by atoms with E-state index >= 15 is 0 Å². The van der Waals surface area contributed by atoms with Gasteiger partial charge in [0.2, 0.25) is 11.0 Å². The molecule has 2 aromatic carbocycles. The SMILES string of the molecule is CSc1nnc2c(n1)OC(c1ccccc1C)Nc1ccccc1-2. The summed E-state index contributed by atoms with van der Waals surface area (Å²) in [5, 5.41) is 12.6. The third-order valence-corrected chi connectivity index (χ3v) is 4.53. The molecule has 1 aromatic heterocycles. The molecular formula is C18H16N4OS. The fraction of sp³-hybridized carbons (Fsp3) is 0.167. The Bertz CT molecular complexity index is 900. The summed E-state index contributed by atoms with van der Waals surface area (Å²) < 4.78 is 6.21. The molecule has 3 aromatic rings. The first-order valence-electron chi connectivity index (χ1n) is 7.63. The normalized spacial score (nSPS) is 15.5. The van der Waals surface area contributed by atoms with Gasteiger partial charge >= 0.3 is 0 Å². The second-order valence-corrected chi connectivity index (χ2v) is 6.27. The van der Waals surface area contributed by atoms with Crippen molar-refractivity contribution < 1.29 is 4.74 Å². The van der Waals surface area contributed by atoms with Crippen LogP contribution in [0.3, 0.4) is 0 Å². The molecule has 0 spiro atoms. The van der Waals surface area contributed by atoms with E-state index in [0.717, 1.165) is 22.4 Å². The van der Waals surface area contributed by atoms with Crippen molar-refractivity contribution in [3.8, 4) is 17.1 Å². The summed E-state index contributed by atoms with van der Waals surface area (Å²) in [5.41, 5.74) is 4.79. The van der Waals surface area contributed by atoms with E-state index in [1.54, 1.807) is 0 Å². The molecule has 1 unspecified atom stereocenters. The maximum absolute atomic E-state index is 6.21. The van der Waals surface area contributed by atoms with E-state index in [4.69, 9.17) is 4.74 Å². The molecule has 0 aliphatic carbocycles. The van der Waals surface area contributed by atoms with Crippen molar-refractivity contribution in [2.75, 3.05) is 11.6 Å². The number of anilines is 1. The summed E-state index contributed by atoms with van der Waals surface area (Å²) in [6, 6.07) is 16.1. The fourth-order valence-electron chi connectivity index (χ4n) is 2.76. The van der Waals surface area contributed by atoms with Gasteiger partial charge in [0.05, 0.1) is 0 Å². The summed E-state index contributed by atoms with van der Waals surface area (Å²) in [7, 11) is 0. The quantitative estimate of drug-likeness (QED) is 0.712. The van der Waals surface area contributed by atoms with Gasteiger partial charge in [-0.25, -0.2) is 0 Å². The number of aryl methyl sites for hydroxylation is 1. The second-order valence-electron chi connectivity index (χ2n) is 5.50. The molecule has 0 fully saturated rings. The average molecular weight is 336 g/mol. The van der Waals surface area contributed by atoms with E-state index < -0.39 is 0 Å². The monoisotopic (exact) mass is 336 g/mol. The first-order chi connectivity index (χ1) is 11.8. The molecular weight excluding hydrogens is 320 g/mol. The molecule has 1 aliphatic rings. The number of nitrogens with one attached hydrogen (secondary N) is 1. The Labute approximate surface area is 144 Å². The molecule has 0 amide bonds. The number of rotatable bonds is 2. The first-order valence-corrected chi connectivity index (χ1v) is 8.85. The van der Waals surface area contributed by atoms with Gasteiger partial charge in [-0.1, -0.05) is 54.2 Å². The number of benzene rings is 2. The number of para-hydroxylation sites is 1. The van der Waals surface area contributed by atoms with Gasteiger partial charge in [0.25, 0.3) is 0 Å². The lowest BCUT2D eigenvalue weighted by Crippen LogP contribution is -2.18. The summed E-state index contributed by atoms with van der Waals surface area (Å²) in [6.07, 6.45) is 1.59. The molecule has 0 radical (unpaired) electrons. The van der Waals surface area contributed by atoms with Gasteiger partial charge in [0, 0.05) is 16.8 Å². The van der Waals surface area contributed by atoms with Gasteiger partial charge in [-0.2, -0.15) is 4.98 Å². The van der Waals surface area contributed by atoms with Gasteiger partial charge in [0.15, 0.2) is 11.9 Å². The highest BCUT2D eigenvalue weighted by molar-refractivity contribution is 7.98. The Morgan fingerprint density at radius 2 is 1.83 bits per heavy atom. The summed E-state index contributed by atoms with van der Waals surface area (Å²) in [5.74, 6) is 0.500. The van der Waals surface area contributed by atoms with Crippen molar-refractivity contribution in [1.29, 1.82) is 0 Å². The van der Waals surface area contributed by atoms with Crippen LogP contribution >= 0.6 is 11.8 Å². The summed E-state index contributed by atoms with van der Waals surface area (Å²) in [6.45, 7) is 2.07. The molecule has 0 bridgehead atoms. The third-order valence-electron chi connectivity index (χ3n) is 3.99. The average Bonchev–Trinajstić information content (AvgIpc) is 2.78. The Hall–Kier alpha value is -2.60. The Morgan fingerprint density at radius 3 is 2.67 bits per heavy atom. The number of aromatic nitrogens is 3. The zero-order chi connectivity index (χ0) is 16.5. The van der Waals surface area contributed by atoms with Crippen LogP contribution in [-0.2, 0) is 0 Å². The molecule has 1 aliphatic heterocycles. The largest absolute Gasteiger partial charge is 0.448 e. The van der Waals surface area contributed by atoms with Crippen molar-refractivity contribution in [1.82, 2.24) is 15.2 Å². The highest BCUT2D eigenvalue weighted by atomic mass is 32.2. The fourth-order valence-corrected chi connectivity index (χ4v) is 3.05. The van der Waals surface area contributed by atoms with Crippen LogP contribution in [0.4, 0.5) is 5.69 Å². The highest BCUT2D eigenvalue weighted by Crippen LogP contribution is 2.39. The minimum absolute atomic E-state index is 0.333. The Kier molecular flexibility index (Phi) is 3.82. The Balaban J connectivity index is 1.89. The lowest BCUT2D eigenvalue weighted by Gasteiger charge is -2.20. The number of hydrogen-bond acceptors (Lipinski definition) is 6. The predicted octanol–water partition coefficient (Wildman–Crippen LogP) is 4.07.